The molecule has 0 bridgehead atoms. The van der Waals surface area contributed by atoms with Gasteiger partial charge in [-0.2, -0.15) is 0 Å². The second kappa shape index (κ2) is 8.42. The minimum absolute atomic E-state index is 0.0594. The summed E-state index contributed by atoms with van der Waals surface area (Å²) in [6.07, 6.45) is 10.6. The van der Waals surface area contributed by atoms with Crippen LogP contribution in [-0.2, 0) is 6.54 Å². The molecule has 2 fully saturated rings. The van der Waals surface area contributed by atoms with Crippen molar-refractivity contribution >= 4 is 17.3 Å². The summed E-state index contributed by atoms with van der Waals surface area (Å²) in [6.45, 7) is 5.30. The zero-order valence-electron chi connectivity index (χ0n) is 18.2. The first-order chi connectivity index (χ1) is 15.1. The number of nitrogens with zero attached hydrogens (tertiary/aromatic N) is 4. The van der Waals surface area contributed by atoms with Crippen LogP contribution in [0.15, 0.2) is 55.0 Å². The van der Waals surface area contributed by atoms with Gasteiger partial charge < -0.3 is 14.8 Å². The van der Waals surface area contributed by atoms with E-state index in [4.69, 9.17) is 17.2 Å². The normalized spacial score (nSPS) is 21.6. The molecule has 2 atom stereocenters. The summed E-state index contributed by atoms with van der Waals surface area (Å²) < 4.78 is 2.41. The van der Waals surface area contributed by atoms with Crippen molar-refractivity contribution in [1.82, 2.24) is 24.8 Å². The smallest absolute Gasteiger partial charge is 0.170 e. The molecular formula is C25H29N5S. The van der Waals surface area contributed by atoms with Crippen LogP contribution in [0.2, 0.25) is 0 Å². The molecular weight excluding hydrogens is 402 g/mol. The molecule has 6 heteroatoms. The van der Waals surface area contributed by atoms with Gasteiger partial charge in [0.2, 0.25) is 0 Å². The van der Waals surface area contributed by atoms with Crippen LogP contribution in [0.25, 0.3) is 0 Å². The Morgan fingerprint density at radius 3 is 2.55 bits per heavy atom. The van der Waals surface area contributed by atoms with Crippen LogP contribution >= 0.6 is 12.2 Å². The maximum Gasteiger partial charge on any atom is 0.170 e. The van der Waals surface area contributed by atoms with Crippen LogP contribution in [-0.4, -0.2) is 30.6 Å². The lowest BCUT2D eigenvalue weighted by molar-refractivity contribution is 0.245. The van der Waals surface area contributed by atoms with Crippen molar-refractivity contribution in [3.63, 3.8) is 0 Å². The Kier molecular flexibility index (Phi) is 5.48. The molecule has 31 heavy (non-hydrogen) atoms. The Morgan fingerprint density at radius 1 is 1.06 bits per heavy atom. The fraction of sp³-hybridized carbons (Fsp3) is 0.400. The number of aromatic nitrogens is 3. The van der Waals surface area contributed by atoms with Gasteiger partial charge >= 0.3 is 0 Å². The molecule has 4 heterocycles. The molecule has 3 aromatic rings. The Hall–Kier alpha value is -2.73. The molecule has 0 aromatic carbocycles. The summed E-state index contributed by atoms with van der Waals surface area (Å²) in [5.41, 5.74) is 6.23. The first kappa shape index (κ1) is 20.2. The first-order valence-electron chi connectivity index (χ1n) is 11.2. The lowest BCUT2D eigenvalue weighted by atomic mass is 9.95. The second-order valence-electron chi connectivity index (χ2n) is 8.74. The molecule has 5 rings (SSSR count). The molecule has 1 aliphatic carbocycles. The van der Waals surface area contributed by atoms with Gasteiger partial charge in [0.1, 0.15) is 0 Å². The van der Waals surface area contributed by atoms with Crippen LogP contribution < -0.4 is 5.32 Å². The summed E-state index contributed by atoms with van der Waals surface area (Å²) in [7, 11) is 0. The van der Waals surface area contributed by atoms with Crippen molar-refractivity contribution < 1.29 is 0 Å². The number of nitrogens with one attached hydrogen (secondary N) is 1. The first-order valence-corrected chi connectivity index (χ1v) is 11.6. The zero-order chi connectivity index (χ0) is 21.4. The van der Waals surface area contributed by atoms with Crippen LogP contribution in [0.1, 0.15) is 66.0 Å². The molecule has 0 radical (unpaired) electrons. The monoisotopic (exact) mass is 431 g/mol. The number of rotatable bonds is 5. The topological polar surface area (TPSA) is 46.0 Å². The highest BCUT2D eigenvalue weighted by Gasteiger charge is 2.44. The second-order valence-corrected chi connectivity index (χ2v) is 9.13. The number of hydrogen-bond acceptors (Lipinski definition) is 3. The van der Waals surface area contributed by atoms with Crippen molar-refractivity contribution in [2.45, 2.75) is 64.2 Å². The molecule has 160 valence electrons. The third-order valence-corrected chi connectivity index (χ3v) is 7.20. The predicted molar refractivity (Wildman–Crippen MR) is 127 cm³/mol. The summed E-state index contributed by atoms with van der Waals surface area (Å²) in [5, 5.41) is 4.50. The Bertz CT molecular complexity index is 1060. The van der Waals surface area contributed by atoms with Gasteiger partial charge in [0.15, 0.2) is 5.11 Å². The lowest BCUT2D eigenvalue weighted by Gasteiger charge is -2.33. The maximum atomic E-state index is 5.89. The Labute approximate surface area is 189 Å². The van der Waals surface area contributed by atoms with Crippen molar-refractivity contribution in [2.75, 3.05) is 0 Å². The van der Waals surface area contributed by atoms with Crippen molar-refractivity contribution in [3.05, 3.63) is 83.2 Å². The van der Waals surface area contributed by atoms with Gasteiger partial charge in [0, 0.05) is 42.6 Å². The van der Waals surface area contributed by atoms with Gasteiger partial charge in [-0.25, -0.2) is 0 Å². The third-order valence-electron chi connectivity index (χ3n) is 6.87. The van der Waals surface area contributed by atoms with Crippen molar-refractivity contribution in [2.24, 2.45) is 0 Å². The van der Waals surface area contributed by atoms with E-state index in [0.717, 1.165) is 17.4 Å². The molecule has 0 unspecified atom stereocenters. The average Bonchev–Trinajstić information content (AvgIpc) is 3.50. The Morgan fingerprint density at radius 2 is 1.84 bits per heavy atom. The molecule has 2 aliphatic rings. The average molecular weight is 432 g/mol. The molecule has 1 N–H and O–H groups in total. The van der Waals surface area contributed by atoms with E-state index in [2.05, 4.69) is 63.9 Å². The number of aryl methyl sites for hydroxylation is 1. The van der Waals surface area contributed by atoms with Crippen molar-refractivity contribution in [3.8, 4) is 0 Å². The molecule has 3 aromatic heterocycles. The minimum atomic E-state index is 0.0594. The third kappa shape index (κ3) is 3.74. The number of hydrogen-bond donors (Lipinski definition) is 1. The fourth-order valence-corrected chi connectivity index (χ4v) is 5.70. The summed E-state index contributed by atoms with van der Waals surface area (Å²) >= 11 is 5.89. The van der Waals surface area contributed by atoms with E-state index in [9.17, 15) is 0 Å². The lowest BCUT2D eigenvalue weighted by Crippen LogP contribution is -2.37. The van der Waals surface area contributed by atoms with Gasteiger partial charge in [0.05, 0.1) is 17.8 Å². The minimum Gasteiger partial charge on any atom is -0.352 e. The molecule has 1 saturated heterocycles. The van der Waals surface area contributed by atoms with Gasteiger partial charge in [-0.1, -0.05) is 18.9 Å². The highest BCUT2D eigenvalue weighted by atomic mass is 32.1. The van der Waals surface area contributed by atoms with Gasteiger partial charge in [-0.3, -0.25) is 9.97 Å². The van der Waals surface area contributed by atoms with E-state index in [1.165, 1.54) is 48.2 Å². The maximum absolute atomic E-state index is 5.89. The molecule has 1 saturated carbocycles. The highest BCUT2D eigenvalue weighted by Crippen LogP contribution is 2.44. The zero-order valence-corrected chi connectivity index (χ0v) is 19.0. The SMILES string of the molecule is Cc1cc([C@H]2[C@H](c3ccccn3)NC(=S)N2C2CCCC2)c(C)n1Cc1ccncc1. The van der Waals surface area contributed by atoms with Crippen LogP contribution in [0, 0.1) is 13.8 Å². The largest absolute Gasteiger partial charge is 0.352 e. The molecule has 1 aliphatic heterocycles. The van der Waals surface area contributed by atoms with Crippen LogP contribution in [0.3, 0.4) is 0 Å². The number of thiocarbonyl (C=S) groups is 1. The van der Waals surface area contributed by atoms with Gasteiger partial charge in [-0.15, -0.1) is 0 Å². The molecule has 0 amide bonds. The van der Waals surface area contributed by atoms with Crippen molar-refractivity contribution in [1.29, 1.82) is 0 Å². The number of pyridine rings is 2. The van der Waals surface area contributed by atoms with E-state index >= 15 is 0 Å². The highest BCUT2D eigenvalue weighted by molar-refractivity contribution is 7.80. The summed E-state index contributed by atoms with van der Waals surface area (Å²) in [5.74, 6) is 0. The van der Waals surface area contributed by atoms with Gasteiger partial charge in [0.25, 0.3) is 0 Å². The van der Waals surface area contributed by atoms with E-state index in [0.29, 0.717) is 6.04 Å². The van der Waals surface area contributed by atoms with E-state index in [1.54, 1.807) is 0 Å². The van der Waals surface area contributed by atoms with E-state index < -0.39 is 0 Å². The predicted octanol–water partition coefficient (Wildman–Crippen LogP) is 4.86. The summed E-state index contributed by atoms with van der Waals surface area (Å²) in [6, 6.07) is 13.4. The standard InChI is InChI=1S/C25H29N5S/c1-17-15-21(18(2)29(17)16-19-10-13-26-14-11-19)24-23(22-9-5-6-12-27-22)28-25(31)30(24)20-7-3-4-8-20/h5-6,9-15,20,23-24H,3-4,7-8,16H2,1-2H3,(H,28,31)/t23-,24-/m0/s1. The quantitative estimate of drug-likeness (QED) is 0.585. The van der Waals surface area contributed by atoms with Gasteiger partial charge in [-0.05, 0) is 80.4 Å². The Balaban J connectivity index is 1.57. The van der Waals surface area contributed by atoms with E-state index in [1.807, 2.05) is 24.7 Å². The van der Waals surface area contributed by atoms with Crippen LogP contribution in [0.4, 0.5) is 0 Å². The van der Waals surface area contributed by atoms with E-state index in [-0.39, 0.29) is 12.1 Å². The van der Waals surface area contributed by atoms with Crippen LogP contribution in [0.5, 0.6) is 0 Å². The summed E-state index contributed by atoms with van der Waals surface area (Å²) in [4.78, 5) is 11.3. The molecule has 5 nitrogen and oxygen atoms in total. The molecule has 0 spiro atoms. The fourth-order valence-electron chi connectivity index (χ4n) is 5.32.